The van der Waals surface area contributed by atoms with Crippen LogP contribution in [0.2, 0.25) is 0 Å². The summed E-state index contributed by atoms with van der Waals surface area (Å²) < 4.78 is 13.1. The Morgan fingerprint density at radius 1 is 1.05 bits per heavy atom. The molecule has 1 unspecified atom stereocenters. The van der Waals surface area contributed by atoms with E-state index in [0.29, 0.717) is 5.92 Å². The fraction of sp³-hybridized carbons (Fsp3) is 0.333. The average Bonchev–Trinajstić information content (AvgIpc) is 3.26. The molecule has 104 valence electrons. The molecule has 20 heavy (non-hydrogen) atoms. The Balaban J connectivity index is 1.88. The highest BCUT2D eigenvalue weighted by molar-refractivity contribution is 5.55. The lowest BCUT2D eigenvalue weighted by Crippen LogP contribution is -2.14. The molecule has 1 N–H and O–H groups in total. The van der Waals surface area contributed by atoms with Gasteiger partial charge < -0.3 is 5.32 Å². The maximum atomic E-state index is 13.1. The minimum atomic E-state index is -0.171. The van der Waals surface area contributed by atoms with E-state index in [0.717, 1.165) is 0 Å². The van der Waals surface area contributed by atoms with Crippen LogP contribution in [-0.2, 0) is 0 Å². The first-order chi connectivity index (χ1) is 9.65. The lowest BCUT2D eigenvalue weighted by atomic mass is 10.0. The normalized spacial score (nSPS) is 15.9. The van der Waals surface area contributed by atoms with Gasteiger partial charge in [-0.1, -0.05) is 24.3 Å². The predicted molar refractivity (Wildman–Crippen MR) is 81.4 cm³/mol. The molecule has 0 saturated heterocycles. The summed E-state index contributed by atoms with van der Waals surface area (Å²) in [5, 5.41) is 3.66. The summed E-state index contributed by atoms with van der Waals surface area (Å²) in [7, 11) is 0. The van der Waals surface area contributed by atoms with E-state index in [1.807, 2.05) is 12.1 Å². The molecule has 1 aliphatic carbocycles. The summed E-state index contributed by atoms with van der Waals surface area (Å²) in [6, 6.07) is 13.5. The molecule has 0 heterocycles. The largest absolute Gasteiger partial charge is 0.378 e. The SMILES string of the molecule is Cc1cccc(NC(c2ccc(F)cc2)C2CC2)c1C. The number of nitrogens with one attached hydrogen (secondary N) is 1. The van der Waals surface area contributed by atoms with Crippen molar-refractivity contribution in [2.75, 3.05) is 5.32 Å². The van der Waals surface area contributed by atoms with Crippen LogP contribution in [0, 0.1) is 25.6 Å². The first-order valence-electron chi connectivity index (χ1n) is 7.23. The van der Waals surface area contributed by atoms with Gasteiger partial charge in [0, 0.05) is 5.69 Å². The summed E-state index contributed by atoms with van der Waals surface area (Å²) in [6.45, 7) is 4.27. The highest BCUT2D eigenvalue weighted by Gasteiger charge is 2.32. The second-order valence-corrected chi connectivity index (χ2v) is 5.76. The Kier molecular flexibility index (Phi) is 3.47. The molecule has 2 heteroatoms. The number of halogens is 1. The van der Waals surface area contributed by atoms with Crippen molar-refractivity contribution in [3.05, 3.63) is 65.0 Å². The van der Waals surface area contributed by atoms with Crippen LogP contribution in [0.1, 0.15) is 35.6 Å². The molecule has 0 amide bonds. The van der Waals surface area contributed by atoms with Crippen molar-refractivity contribution in [2.45, 2.75) is 32.7 Å². The lowest BCUT2D eigenvalue weighted by molar-refractivity contribution is 0.622. The van der Waals surface area contributed by atoms with E-state index >= 15 is 0 Å². The Hall–Kier alpha value is -1.83. The van der Waals surface area contributed by atoms with Gasteiger partial charge in [-0.15, -0.1) is 0 Å². The van der Waals surface area contributed by atoms with Crippen molar-refractivity contribution in [1.82, 2.24) is 0 Å². The van der Waals surface area contributed by atoms with E-state index in [2.05, 4.69) is 37.4 Å². The maximum Gasteiger partial charge on any atom is 0.123 e. The summed E-state index contributed by atoms with van der Waals surface area (Å²) in [6.07, 6.45) is 2.50. The first kappa shape index (κ1) is 13.2. The van der Waals surface area contributed by atoms with Gasteiger partial charge in [0.2, 0.25) is 0 Å². The van der Waals surface area contributed by atoms with E-state index in [-0.39, 0.29) is 11.9 Å². The minimum Gasteiger partial charge on any atom is -0.378 e. The first-order valence-corrected chi connectivity index (χ1v) is 7.23. The molecule has 1 fully saturated rings. The van der Waals surface area contributed by atoms with Crippen molar-refractivity contribution in [3.63, 3.8) is 0 Å². The third-order valence-electron chi connectivity index (χ3n) is 4.24. The molecule has 0 bridgehead atoms. The fourth-order valence-corrected chi connectivity index (χ4v) is 2.65. The molecule has 2 aromatic rings. The molecule has 1 nitrogen and oxygen atoms in total. The Morgan fingerprint density at radius 2 is 1.75 bits per heavy atom. The van der Waals surface area contributed by atoms with Crippen molar-refractivity contribution in [2.24, 2.45) is 5.92 Å². The van der Waals surface area contributed by atoms with E-state index < -0.39 is 0 Å². The molecule has 0 aliphatic heterocycles. The van der Waals surface area contributed by atoms with Gasteiger partial charge in [0.25, 0.3) is 0 Å². The molecule has 1 saturated carbocycles. The molecule has 0 radical (unpaired) electrons. The van der Waals surface area contributed by atoms with Gasteiger partial charge in [-0.2, -0.15) is 0 Å². The number of hydrogen-bond donors (Lipinski definition) is 1. The van der Waals surface area contributed by atoms with Gasteiger partial charge >= 0.3 is 0 Å². The van der Waals surface area contributed by atoms with E-state index in [4.69, 9.17) is 0 Å². The van der Waals surface area contributed by atoms with Crippen LogP contribution >= 0.6 is 0 Å². The molecule has 1 atom stereocenters. The topological polar surface area (TPSA) is 12.0 Å². The number of rotatable bonds is 4. The van der Waals surface area contributed by atoms with Gasteiger partial charge in [-0.3, -0.25) is 0 Å². The zero-order valence-electron chi connectivity index (χ0n) is 12.0. The van der Waals surface area contributed by atoms with Crippen LogP contribution in [0.4, 0.5) is 10.1 Å². The van der Waals surface area contributed by atoms with E-state index in [1.54, 1.807) is 12.1 Å². The second-order valence-electron chi connectivity index (χ2n) is 5.76. The highest BCUT2D eigenvalue weighted by Crippen LogP contribution is 2.43. The van der Waals surface area contributed by atoms with Gasteiger partial charge in [0.15, 0.2) is 0 Å². The monoisotopic (exact) mass is 269 g/mol. The van der Waals surface area contributed by atoms with Gasteiger partial charge in [0.05, 0.1) is 6.04 Å². The second kappa shape index (κ2) is 5.28. The van der Waals surface area contributed by atoms with Crippen molar-refractivity contribution in [3.8, 4) is 0 Å². The molecule has 0 spiro atoms. The predicted octanol–water partition coefficient (Wildman–Crippen LogP) is 5.01. The quantitative estimate of drug-likeness (QED) is 0.823. The third kappa shape index (κ3) is 2.69. The third-order valence-corrected chi connectivity index (χ3v) is 4.24. The summed E-state index contributed by atoms with van der Waals surface area (Å²) in [5.74, 6) is 0.496. The highest BCUT2D eigenvalue weighted by atomic mass is 19.1. The van der Waals surface area contributed by atoms with Crippen molar-refractivity contribution < 1.29 is 4.39 Å². The van der Waals surface area contributed by atoms with Crippen LogP contribution in [-0.4, -0.2) is 0 Å². The Morgan fingerprint density at radius 3 is 2.40 bits per heavy atom. The van der Waals surface area contributed by atoms with Crippen LogP contribution < -0.4 is 5.32 Å². The summed E-state index contributed by atoms with van der Waals surface area (Å²) in [5.41, 5.74) is 4.95. The van der Waals surface area contributed by atoms with E-state index in [9.17, 15) is 4.39 Å². The van der Waals surface area contributed by atoms with E-state index in [1.165, 1.54) is 35.2 Å². The zero-order chi connectivity index (χ0) is 14.1. The Bertz CT molecular complexity index is 599. The van der Waals surface area contributed by atoms with Gasteiger partial charge in [-0.25, -0.2) is 4.39 Å². The molecular formula is C18H20FN. The summed E-state index contributed by atoms with van der Waals surface area (Å²) in [4.78, 5) is 0. The minimum absolute atomic E-state index is 0.171. The van der Waals surface area contributed by atoms with Crippen LogP contribution in [0.3, 0.4) is 0 Å². The van der Waals surface area contributed by atoms with Gasteiger partial charge in [0.1, 0.15) is 5.82 Å². The van der Waals surface area contributed by atoms with Crippen LogP contribution in [0.5, 0.6) is 0 Å². The maximum absolute atomic E-state index is 13.1. The summed E-state index contributed by atoms with van der Waals surface area (Å²) >= 11 is 0. The zero-order valence-corrected chi connectivity index (χ0v) is 12.0. The Labute approximate surface area is 119 Å². The molecule has 0 aromatic heterocycles. The average molecular weight is 269 g/mol. The van der Waals surface area contributed by atoms with Gasteiger partial charge in [-0.05, 0) is 67.5 Å². The number of aryl methyl sites for hydroxylation is 1. The standard InChI is InChI=1S/C18H20FN/c1-12-4-3-5-17(13(12)2)20-18(14-6-7-14)15-8-10-16(19)11-9-15/h3-5,8-11,14,18,20H,6-7H2,1-2H3. The van der Waals surface area contributed by atoms with Crippen LogP contribution in [0.25, 0.3) is 0 Å². The van der Waals surface area contributed by atoms with Crippen LogP contribution in [0.15, 0.2) is 42.5 Å². The molecular weight excluding hydrogens is 249 g/mol. The smallest absolute Gasteiger partial charge is 0.123 e. The van der Waals surface area contributed by atoms with Crippen molar-refractivity contribution in [1.29, 1.82) is 0 Å². The lowest BCUT2D eigenvalue weighted by Gasteiger charge is -2.22. The number of benzene rings is 2. The number of hydrogen-bond acceptors (Lipinski definition) is 1. The number of anilines is 1. The fourth-order valence-electron chi connectivity index (χ4n) is 2.65. The molecule has 3 rings (SSSR count). The molecule has 1 aliphatic rings. The van der Waals surface area contributed by atoms with Crippen molar-refractivity contribution >= 4 is 5.69 Å². The molecule has 2 aromatic carbocycles.